The molecule has 0 bridgehead atoms. The van der Waals surface area contributed by atoms with Crippen LogP contribution >= 0.6 is 0 Å². The molecule has 0 aromatic rings. The van der Waals surface area contributed by atoms with Gasteiger partial charge in [-0.3, -0.25) is 9.59 Å². The maximum Gasteiger partial charge on any atom is 0.182 e. The first-order valence-corrected chi connectivity index (χ1v) is 11.1. The van der Waals surface area contributed by atoms with Crippen LogP contribution in [0.2, 0.25) is 0 Å². The summed E-state index contributed by atoms with van der Waals surface area (Å²) in [6.45, 7) is 11.2. The van der Waals surface area contributed by atoms with Gasteiger partial charge in [-0.1, -0.05) is 38.8 Å². The van der Waals surface area contributed by atoms with Crippen LogP contribution in [0.3, 0.4) is 0 Å². The standard InChI is InChI=1S/C25H34O2/c1-14(26)17-8-9-18-16-7-6-15-12-21(27)22-20(13-23(22,2)3)25(15,5)19(16)10-11-24(17,18)4/h12,16-19H,6-11,13H2,1-5H3/t16-,17?,18-,19-,24+,25-/m0/s1. The Hall–Kier alpha value is -1.18. The second kappa shape index (κ2) is 5.24. The molecule has 0 spiro atoms. The molecule has 0 amide bonds. The van der Waals surface area contributed by atoms with Crippen molar-refractivity contribution in [2.45, 2.75) is 79.6 Å². The predicted octanol–water partition coefficient (Wildman–Crippen LogP) is 5.67. The summed E-state index contributed by atoms with van der Waals surface area (Å²) in [6, 6.07) is 0. The van der Waals surface area contributed by atoms with Gasteiger partial charge in [-0.2, -0.15) is 0 Å². The van der Waals surface area contributed by atoms with Crippen molar-refractivity contribution < 1.29 is 9.59 Å². The molecule has 0 aromatic heterocycles. The van der Waals surface area contributed by atoms with E-state index in [0.717, 1.165) is 30.8 Å². The van der Waals surface area contributed by atoms with Crippen molar-refractivity contribution in [2.24, 2.45) is 39.9 Å². The van der Waals surface area contributed by atoms with Gasteiger partial charge in [-0.05, 0) is 86.5 Å². The molecule has 0 heterocycles. The van der Waals surface area contributed by atoms with Crippen molar-refractivity contribution in [3.63, 3.8) is 0 Å². The number of hydrogen-bond acceptors (Lipinski definition) is 2. The molecule has 5 aliphatic carbocycles. The van der Waals surface area contributed by atoms with Gasteiger partial charge in [0.1, 0.15) is 5.78 Å². The summed E-state index contributed by atoms with van der Waals surface area (Å²) in [7, 11) is 0. The fraction of sp³-hybridized carbons (Fsp3) is 0.760. The van der Waals surface area contributed by atoms with E-state index in [4.69, 9.17) is 0 Å². The number of hydrogen-bond donors (Lipinski definition) is 0. The number of carbonyl (C=O) groups is 2. The van der Waals surface area contributed by atoms with Crippen LogP contribution in [-0.4, -0.2) is 11.6 Å². The van der Waals surface area contributed by atoms with Gasteiger partial charge in [0.05, 0.1) is 0 Å². The molecule has 146 valence electrons. The highest BCUT2D eigenvalue weighted by Gasteiger charge is 2.63. The zero-order chi connectivity index (χ0) is 19.4. The van der Waals surface area contributed by atoms with E-state index in [-0.39, 0.29) is 22.2 Å². The van der Waals surface area contributed by atoms with Gasteiger partial charge < -0.3 is 0 Å². The smallest absolute Gasteiger partial charge is 0.182 e. The average molecular weight is 367 g/mol. The molecule has 0 saturated heterocycles. The fourth-order valence-corrected chi connectivity index (χ4v) is 8.61. The van der Waals surface area contributed by atoms with Crippen LogP contribution in [0.5, 0.6) is 0 Å². The molecule has 5 rings (SSSR count). The number of Topliss-reactive ketones (excluding diaryl/α,β-unsaturated/α-hetero) is 1. The number of allylic oxidation sites excluding steroid dienone is 4. The Kier molecular flexibility index (Phi) is 3.47. The number of ketones is 2. The Balaban J connectivity index is 1.56. The zero-order valence-corrected chi connectivity index (χ0v) is 17.7. The minimum absolute atomic E-state index is 0.0562. The molecule has 0 N–H and O–H groups in total. The molecule has 2 heteroatoms. The van der Waals surface area contributed by atoms with Crippen molar-refractivity contribution >= 4 is 11.6 Å². The second-order valence-corrected chi connectivity index (χ2v) is 11.4. The molecule has 3 fully saturated rings. The minimum atomic E-state index is 0.0562. The van der Waals surface area contributed by atoms with Crippen molar-refractivity contribution in [2.75, 3.05) is 0 Å². The van der Waals surface area contributed by atoms with Crippen molar-refractivity contribution in [3.05, 3.63) is 22.8 Å². The third kappa shape index (κ3) is 2.03. The molecule has 2 nitrogen and oxygen atoms in total. The van der Waals surface area contributed by atoms with Gasteiger partial charge in [0, 0.05) is 16.9 Å². The van der Waals surface area contributed by atoms with Crippen molar-refractivity contribution in [1.82, 2.24) is 0 Å². The quantitative estimate of drug-likeness (QED) is 0.599. The lowest BCUT2D eigenvalue weighted by molar-refractivity contribution is -0.127. The van der Waals surface area contributed by atoms with Crippen molar-refractivity contribution in [3.8, 4) is 0 Å². The minimum Gasteiger partial charge on any atom is -0.300 e. The topological polar surface area (TPSA) is 34.1 Å². The molecule has 0 radical (unpaired) electrons. The third-order valence-electron chi connectivity index (χ3n) is 9.86. The van der Waals surface area contributed by atoms with E-state index in [1.165, 1.54) is 36.8 Å². The number of carbonyl (C=O) groups excluding carboxylic acids is 2. The first-order chi connectivity index (χ1) is 12.6. The molecule has 1 unspecified atom stereocenters. The van der Waals surface area contributed by atoms with E-state index in [2.05, 4.69) is 27.7 Å². The van der Waals surface area contributed by atoms with E-state index >= 15 is 0 Å². The average Bonchev–Trinajstić information content (AvgIpc) is 2.92. The van der Waals surface area contributed by atoms with Crippen LogP contribution < -0.4 is 0 Å². The number of rotatable bonds is 1. The molecule has 0 aromatic carbocycles. The Morgan fingerprint density at radius 2 is 1.78 bits per heavy atom. The van der Waals surface area contributed by atoms with Crippen LogP contribution in [0, 0.1) is 39.9 Å². The normalized spacial score (nSPS) is 47.3. The highest BCUT2D eigenvalue weighted by atomic mass is 16.1. The van der Waals surface area contributed by atoms with E-state index < -0.39 is 0 Å². The maximum absolute atomic E-state index is 12.8. The Labute approximate surface area is 163 Å². The highest BCUT2D eigenvalue weighted by molar-refractivity contribution is 6.09. The Morgan fingerprint density at radius 3 is 2.44 bits per heavy atom. The summed E-state index contributed by atoms with van der Waals surface area (Å²) in [5.74, 6) is 3.06. The third-order valence-corrected chi connectivity index (χ3v) is 9.86. The van der Waals surface area contributed by atoms with E-state index in [9.17, 15) is 9.59 Å². The molecular formula is C25H34O2. The molecule has 27 heavy (non-hydrogen) atoms. The highest BCUT2D eigenvalue weighted by Crippen LogP contribution is 2.70. The van der Waals surface area contributed by atoms with E-state index in [1.807, 2.05) is 13.0 Å². The van der Waals surface area contributed by atoms with Gasteiger partial charge in [-0.25, -0.2) is 0 Å². The first-order valence-electron chi connectivity index (χ1n) is 11.1. The SMILES string of the molecule is CC(=O)C1CC[C@H]2[C@@H]3CCC4=CC(=O)C5=C(CC5(C)C)[C@]4(C)[C@H]3CC[C@]12C. The molecule has 6 atom stereocenters. The van der Waals surface area contributed by atoms with E-state index in [0.29, 0.717) is 23.4 Å². The lowest BCUT2D eigenvalue weighted by Gasteiger charge is -2.62. The van der Waals surface area contributed by atoms with Crippen molar-refractivity contribution in [1.29, 1.82) is 0 Å². The van der Waals surface area contributed by atoms with Gasteiger partial charge in [0.25, 0.3) is 0 Å². The van der Waals surface area contributed by atoms with Crippen LogP contribution in [-0.2, 0) is 9.59 Å². The summed E-state index contributed by atoms with van der Waals surface area (Å²) in [4.78, 5) is 25.1. The van der Waals surface area contributed by atoms with Gasteiger partial charge >= 0.3 is 0 Å². The summed E-state index contributed by atoms with van der Waals surface area (Å²) in [5.41, 5.74) is 4.42. The molecule has 0 aliphatic heterocycles. The summed E-state index contributed by atoms with van der Waals surface area (Å²) >= 11 is 0. The molecule has 3 saturated carbocycles. The van der Waals surface area contributed by atoms with Crippen LogP contribution in [0.1, 0.15) is 79.6 Å². The summed E-state index contributed by atoms with van der Waals surface area (Å²) in [6.07, 6.45) is 10.1. The summed E-state index contributed by atoms with van der Waals surface area (Å²) in [5, 5.41) is 0. The lowest BCUT2D eigenvalue weighted by atomic mass is 9.42. The Morgan fingerprint density at radius 1 is 1.04 bits per heavy atom. The summed E-state index contributed by atoms with van der Waals surface area (Å²) < 4.78 is 0. The largest absolute Gasteiger partial charge is 0.300 e. The second-order valence-electron chi connectivity index (χ2n) is 11.4. The van der Waals surface area contributed by atoms with Crippen LogP contribution in [0.15, 0.2) is 22.8 Å². The molecule has 5 aliphatic rings. The monoisotopic (exact) mass is 366 g/mol. The van der Waals surface area contributed by atoms with E-state index in [1.54, 1.807) is 0 Å². The molecular weight excluding hydrogens is 332 g/mol. The maximum atomic E-state index is 12.8. The zero-order valence-electron chi connectivity index (χ0n) is 17.7. The first kappa shape index (κ1) is 17.9. The predicted molar refractivity (Wildman–Crippen MR) is 107 cm³/mol. The lowest BCUT2D eigenvalue weighted by Crippen LogP contribution is -2.54. The van der Waals surface area contributed by atoms with Gasteiger partial charge in [0.15, 0.2) is 5.78 Å². The number of fused-ring (bicyclic) bond motifs is 6. The fourth-order valence-electron chi connectivity index (χ4n) is 8.61. The van der Waals surface area contributed by atoms with Gasteiger partial charge in [-0.15, -0.1) is 0 Å². The van der Waals surface area contributed by atoms with Crippen LogP contribution in [0.4, 0.5) is 0 Å². The Bertz CT molecular complexity index is 812. The van der Waals surface area contributed by atoms with Crippen LogP contribution in [0.25, 0.3) is 0 Å². The van der Waals surface area contributed by atoms with Gasteiger partial charge in [0.2, 0.25) is 0 Å².